The summed E-state index contributed by atoms with van der Waals surface area (Å²) in [5.74, 6) is 0.180. The molecule has 3 fully saturated rings. The maximum absolute atomic E-state index is 15.3. The van der Waals surface area contributed by atoms with Crippen molar-refractivity contribution in [2.45, 2.75) is 56.2 Å². The molecule has 0 aromatic rings. The third-order valence-corrected chi connectivity index (χ3v) is 5.29. The van der Waals surface area contributed by atoms with Crippen LogP contribution in [0.25, 0.3) is 0 Å². The van der Waals surface area contributed by atoms with E-state index in [1.54, 1.807) is 0 Å². The van der Waals surface area contributed by atoms with Crippen LogP contribution in [0.1, 0.15) is 44.9 Å². The van der Waals surface area contributed by atoms with Crippen molar-refractivity contribution < 1.29 is 13.9 Å². The molecule has 3 aliphatic rings. The molecule has 0 aromatic carbocycles. The van der Waals surface area contributed by atoms with E-state index in [1.165, 1.54) is 0 Å². The first-order chi connectivity index (χ1) is 9.23. The van der Waals surface area contributed by atoms with E-state index in [1.807, 2.05) is 0 Å². The van der Waals surface area contributed by atoms with Crippen molar-refractivity contribution >= 4 is 0 Å². The lowest BCUT2D eigenvalue weighted by Gasteiger charge is -2.47. The van der Waals surface area contributed by atoms with E-state index >= 15 is 4.39 Å². The monoisotopic (exact) mass is 271 g/mol. The van der Waals surface area contributed by atoms with E-state index in [0.29, 0.717) is 6.42 Å². The summed E-state index contributed by atoms with van der Waals surface area (Å²) in [6.45, 7) is 4.06. The van der Waals surface area contributed by atoms with Crippen LogP contribution < -0.4 is 5.32 Å². The number of hydrogen-bond acceptors (Lipinski definition) is 3. The van der Waals surface area contributed by atoms with E-state index in [4.69, 9.17) is 9.47 Å². The molecule has 19 heavy (non-hydrogen) atoms. The molecular formula is C15H26FNO2. The Kier molecular flexibility index (Phi) is 4.11. The fraction of sp³-hybridized carbons (Fsp3) is 1.00. The molecule has 3 saturated heterocycles. The fourth-order valence-corrected chi connectivity index (χ4v) is 4.02. The van der Waals surface area contributed by atoms with Gasteiger partial charge in [0.25, 0.3) is 0 Å². The zero-order chi connectivity index (χ0) is 13.2. The lowest BCUT2D eigenvalue weighted by molar-refractivity contribution is -0.165. The topological polar surface area (TPSA) is 30.5 Å². The first-order valence-electron chi connectivity index (χ1n) is 7.84. The van der Waals surface area contributed by atoms with Gasteiger partial charge >= 0.3 is 0 Å². The molecule has 1 N–H and O–H groups in total. The Morgan fingerprint density at radius 1 is 1.00 bits per heavy atom. The molecule has 0 aromatic heterocycles. The van der Waals surface area contributed by atoms with Crippen LogP contribution in [0.2, 0.25) is 0 Å². The number of rotatable bonds is 1. The van der Waals surface area contributed by atoms with Gasteiger partial charge in [0, 0.05) is 19.8 Å². The van der Waals surface area contributed by atoms with Crippen molar-refractivity contribution in [3.05, 3.63) is 0 Å². The zero-order valence-corrected chi connectivity index (χ0v) is 11.8. The van der Waals surface area contributed by atoms with Crippen LogP contribution >= 0.6 is 0 Å². The first kappa shape index (κ1) is 13.8. The Morgan fingerprint density at radius 2 is 1.84 bits per heavy atom. The van der Waals surface area contributed by atoms with Crippen molar-refractivity contribution in [2.24, 2.45) is 5.92 Å². The molecule has 1 spiro atoms. The van der Waals surface area contributed by atoms with Crippen LogP contribution in [-0.2, 0) is 9.47 Å². The van der Waals surface area contributed by atoms with Gasteiger partial charge < -0.3 is 14.8 Å². The third-order valence-electron chi connectivity index (χ3n) is 5.29. The van der Waals surface area contributed by atoms with E-state index in [-0.39, 0.29) is 11.5 Å². The minimum atomic E-state index is -0.974. The van der Waals surface area contributed by atoms with Gasteiger partial charge in [0.05, 0.1) is 5.60 Å². The van der Waals surface area contributed by atoms with E-state index in [9.17, 15) is 0 Å². The summed E-state index contributed by atoms with van der Waals surface area (Å²) in [5, 5.41) is 3.32. The minimum Gasteiger partial charge on any atom is -0.381 e. The second-order valence-corrected chi connectivity index (χ2v) is 6.47. The highest BCUT2D eigenvalue weighted by Gasteiger charge is 2.47. The molecular weight excluding hydrogens is 245 g/mol. The Balaban J connectivity index is 1.69. The number of nitrogens with one attached hydrogen (secondary N) is 1. The zero-order valence-electron chi connectivity index (χ0n) is 11.8. The Morgan fingerprint density at radius 3 is 2.68 bits per heavy atom. The molecule has 0 bridgehead atoms. The summed E-state index contributed by atoms with van der Waals surface area (Å²) in [7, 11) is 0. The highest BCUT2D eigenvalue weighted by atomic mass is 19.1. The lowest BCUT2D eigenvalue weighted by Crippen LogP contribution is -2.49. The molecule has 0 aliphatic carbocycles. The summed E-state index contributed by atoms with van der Waals surface area (Å²) in [5.41, 5.74) is -1.06. The summed E-state index contributed by atoms with van der Waals surface area (Å²) >= 11 is 0. The highest BCUT2D eigenvalue weighted by Crippen LogP contribution is 2.45. The molecule has 0 saturated carbocycles. The van der Waals surface area contributed by atoms with Crippen molar-refractivity contribution in [2.75, 3.05) is 32.9 Å². The molecule has 0 radical (unpaired) electrons. The van der Waals surface area contributed by atoms with Gasteiger partial charge in [-0.2, -0.15) is 0 Å². The van der Waals surface area contributed by atoms with Crippen LogP contribution in [0.3, 0.4) is 0 Å². The molecule has 110 valence electrons. The van der Waals surface area contributed by atoms with Crippen LogP contribution in [0.5, 0.6) is 0 Å². The number of halogens is 1. The number of hydrogen-bond donors (Lipinski definition) is 1. The normalized spacial score (nSPS) is 39.9. The Bertz CT molecular complexity index is 291. The lowest BCUT2D eigenvalue weighted by atomic mass is 9.71. The number of alkyl halides is 1. The maximum Gasteiger partial charge on any atom is 0.115 e. The van der Waals surface area contributed by atoms with Crippen molar-refractivity contribution in [3.63, 3.8) is 0 Å². The van der Waals surface area contributed by atoms with Crippen LogP contribution in [0, 0.1) is 5.92 Å². The van der Waals surface area contributed by atoms with Gasteiger partial charge in [0.15, 0.2) is 0 Å². The van der Waals surface area contributed by atoms with Gasteiger partial charge in [-0.15, -0.1) is 0 Å². The molecule has 3 heterocycles. The van der Waals surface area contributed by atoms with Crippen molar-refractivity contribution in [3.8, 4) is 0 Å². The fourth-order valence-electron chi connectivity index (χ4n) is 4.02. The van der Waals surface area contributed by atoms with Crippen molar-refractivity contribution in [1.29, 1.82) is 0 Å². The molecule has 0 amide bonds. The van der Waals surface area contributed by atoms with Crippen LogP contribution in [0.15, 0.2) is 0 Å². The predicted octanol–water partition coefficient (Wildman–Crippen LogP) is 2.44. The van der Waals surface area contributed by atoms with E-state index in [0.717, 1.165) is 71.4 Å². The third kappa shape index (κ3) is 2.96. The molecule has 2 unspecified atom stereocenters. The smallest absolute Gasteiger partial charge is 0.115 e. The largest absolute Gasteiger partial charge is 0.381 e. The van der Waals surface area contributed by atoms with Crippen LogP contribution in [0.4, 0.5) is 4.39 Å². The maximum atomic E-state index is 15.3. The summed E-state index contributed by atoms with van der Waals surface area (Å²) < 4.78 is 26.8. The van der Waals surface area contributed by atoms with Gasteiger partial charge in [-0.1, -0.05) is 0 Å². The van der Waals surface area contributed by atoms with Gasteiger partial charge in [0.1, 0.15) is 5.67 Å². The van der Waals surface area contributed by atoms with E-state index < -0.39 is 5.67 Å². The minimum absolute atomic E-state index is 0.0833. The summed E-state index contributed by atoms with van der Waals surface area (Å²) in [6.07, 6.45) is 6.02. The molecule has 3 aliphatic heterocycles. The second kappa shape index (κ2) is 5.66. The summed E-state index contributed by atoms with van der Waals surface area (Å²) in [4.78, 5) is 0. The average molecular weight is 271 g/mol. The molecule has 2 atom stereocenters. The molecule has 4 heteroatoms. The molecule has 3 rings (SSSR count). The van der Waals surface area contributed by atoms with Crippen molar-refractivity contribution in [1.82, 2.24) is 5.32 Å². The van der Waals surface area contributed by atoms with Crippen LogP contribution in [-0.4, -0.2) is 44.2 Å². The summed E-state index contributed by atoms with van der Waals surface area (Å²) in [6, 6.07) is 0. The second-order valence-electron chi connectivity index (χ2n) is 6.47. The van der Waals surface area contributed by atoms with Gasteiger partial charge in [-0.05, 0) is 64.0 Å². The van der Waals surface area contributed by atoms with Gasteiger partial charge in [-0.3, -0.25) is 0 Å². The average Bonchev–Trinajstić information content (AvgIpc) is 2.66. The number of ether oxygens (including phenoxy) is 2. The first-order valence-corrected chi connectivity index (χ1v) is 7.84. The molecule has 3 nitrogen and oxygen atoms in total. The van der Waals surface area contributed by atoms with Gasteiger partial charge in [-0.25, -0.2) is 4.39 Å². The quantitative estimate of drug-likeness (QED) is 0.794. The Labute approximate surface area is 115 Å². The highest BCUT2D eigenvalue weighted by molar-refractivity contribution is 4.97. The SMILES string of the molecule is FC1(C2CCOC3(CCOCC3)C2)CCCNCC1. The Hall–Kier alpha value is -0.190. The van der Waals surface area contributed by atoms with Gasteiger partial charge in [0.2, 0.25) is 0 Å². The van der Waals surface area contributed by atoms with E-state index in [2.05, 4.69) is 5.32 Å². The predicted molar refractivity (Wildman–Crippen MR) is 72.0 cm³/mol. The standard InChI is InChI=1S/C15H26FNO2/c16-15(3-1-7-17-8-4-15)13-2-9-19-14(12-13)5-10-18-11-6-14/h13,17H,1-12H2.